The van der Waals surface area contributed by atoms with Gasteiger partial charge in [0, 0.05) is 12.6 Å². The second-order valence-electron chi connectivity index (χ2n) is 3.33. The lowest BCUT2D eigenvalue weighted by molar-refractivity contribution is 0.230. The summed E-state index contributed by atoms with van der Waals surface area (Å²) in [5.41, 5.74) is 0. The maximum atomic E-state index is 5.31. The predicted octanol–water partition coefficient (Wildman–Crippen LogP) is 1.33. The summed E-state index contributed by atoms with van der Waals surface area (Å²) in [5, 5.41) is 3.34. The Labute approximate surface area is 82.7 Å². The highest BCUT2D eigenvalue weighted by molar-refractivity contribution is 4.89. The highest BCUT2D eigenvalue weighted by atomic mass is 15.2. The summed E-state index contributed by atoms with van der Waals surface area (Å²) in [4.78, 5) is 2.34. The van der Waals surface area contributed by atoms with Crippen LogP contribution in [-0.2, 0) is 0 Å². The lowest BCUT2D eigenvalue weighted by atomic mass is 10.2. The number of terminal acetylenes is 1. The average Bonchev–Trinajstić information content (AvgIpc) is 2.14. The lowest BCUT2D eigenvalue weighted by Gasteiger charge is -2.26. The first-order valence-corrected chi connectivity index (χ1v) is 5.14. The molecule has 0 saturated carbocycles. The molecular weight excluding hydrogens is 160 g/mol. The number of hydrogen-bond donors (Lipinski definition) is 1. The van der Waals surface area contributed by atoms with Crippen LogP contribution in [0.5, 0.6) is 0 Å². The van der Waals surface area contributed by atoms with Gasteiger partial charge >= 0.3 is 0 Å². The molecular formula is C11H22N2. The molecule has 0 spiro atoms. The van der Waals surface area contributed by atoms with Crippen LogP contribution in [0, 0.1) is 12.3 Å². The predicted molar refractivity (Wildman–Crippen MR) is 58.7 cm³/mol. The molecule has 0 aliphatic rings. The van der Waals surface area contributed by atoms with Gasteiger partial charge in [0.15, 0.2) is 0 Å². The molecule has 13 heavy (non-hydrogen) atoms. The van der Waals surface area contributed by atoms with Gasteiger partial charge in [0.25, 0.3) is 0 Å². The molecule has 0 aliphatic heterocycles. The fourth-order valence-corrected chi connectivity index (χ4v) is 1.34. The van der Waals surface area contributed by atoms with E-state index in [1.54, 1.807) is 0 Å². The zero-order valence-corrected chi connectivity index (χ0v) is 9.14. The Morgan fingerprint density at radius 1 is 1.46 bits per heavy atom. The van der Waals surface area contributed by atoms with Gasteiger partial charge in [0.1, 0.15) is 0 Å². The van der Waals surface area contributed by atoms with Gasteiger partial charge in [0.2, 0.25) is 0 Å². The summed E-state index contributed by atoms with van der Waals surface area (Å²) in [6, 6.07) is 0.538. The third-order valence-corrected chi connectivity index (χ3v) is 2.12. The summed E-state index contributed by atoms with van der Waals surface area (Å²) in [6.45, 7) is 10.4. The Hall–Kier alpha value is -0.520. The first kappa shape index (κ1) is 12.5. The molecule has 1 N–H and O–H groups in total. The summed E-state index contributed by atoms with van der Waals surface area (Å²) in [6.07, 6.45) is 6.48. The van der Waals surface area contributed by atoms with Crippen LogP contribution in [0.15, 0.2) is 0 Å². The number of nitrogens with zero attached hydrogens (tertiary/aromatic N) is 1. The molecule has 0 fully saturated rings. The molecule has 0 rings (SSSR count). The maximum absolute atomic E-state index is 5.31. The molecule has 0 heterocycles. The Bertz CT molecular complexity index is 149. The van der Waals surface area contributed by atoms with Crippen LogP contribution in [-0.4, -0.2) is 37.1 Å². The summed E-state index contributed by atoms with van der Waals surface area (Å²) in [7, 11) is 0. The van der Waals surface area contributed by atoms with Crippen LogP contribution < -0.4 is 5.32 Å². The van der Waals surface area contributed by atoms with Crippen molar-refractivity contribution in [3.63, 3.8) is 0 Å². The molecule has 0 bridgehead atoms. The SMILES string of the molecule is C#CCN(CCC)C(C)CNCC. The quantitative estimate of drug-likeness (QED) is 0.598. The summed E-state index contributed by atoms with van der Waals surface area (Å²) >= 11 is 0. The maximum Gasteiger partial charge on any atom is 0.0601 e. The zero-order chi connectivity index (χ0) is 10.1. The van der Waals surface area contributed by atoms with Gasteiger partial charge in [-0.15, -0.1) is 6.42 Å². The summed E-state index contributed by atoms with van der Waals surface area (Å²) < 4.78 is 0. The van der Waals surface area contributed by atoms with Crippen molar-refractivity contribution in [1.82, 2.24) is 10.2 Å². The van der Waals surface area contributed by atoms with Gasteiger partial charge in [-0.1, -0.05) is 19.8 Å². The smallest absolute Gasteiger partial charge is 0.0601 e. The van der Waals surface area contributed by atoms with E-state index >= 15 is 0 Å². The first-order chi connectivity index (χ1) is 6.26. The Kier molecular flexibility index (Phi) is 7.77. The van der Waals surface area contributed by atoms with Crippen LogP contribution in [0.25, 0.3) is 0 Å². The third kappa shape index (κ3) is 5.68. The van der Waals surface area contributed by atoms with Crippen molar-refractivity contribution >= 4 is 0 Å². The normalized spacial score (nSPS) is 12.8. The standard InChI is InChI=1S/C11H22N2/c1-5-8-13(9-6-2)11(4)10-12-7-3/h1,11-12H,6-10H2,2-4H3. The third-order valence-electron chi connectivity index (χ3n) is 2.12. The summed E-state index contributed by atoms with van der Waals surface area (Å²) in [5.74, 6) is 2.71. The number of nitrogens with one attached hydrogen (secondary N) is 1. The van der Waals surface area contributed by atoms with E-state index < -0.39 is 0 Å². The van der Waals surface area contributed by atoms with Crippen LogP contribution in [0.2, 0.25) is 0 Å². The minimum atomic E-state index is 0.538. The molecule has 76 valence electrons. The van der Waals surface area contributed by atoms with Gasteiger partial charge in [-0.2, -0.15) is 0 Å². The van der Waals surface area contributed by atoms with Crippen LogP contribution in [0.1, 0.15) is 27.2 Å². The average molecular weight is 182 g/mol. The van der Waals surface area contributed by atoms with Crippen molar-refractivity contribution < 1.29 is 0 Å². The lowest BCUT2D eigenvalue weighted by Crippen LogP contribution is -2.41. The largest absolute Gasteiger partial charge is 0.315 e. The van der Waals surface area contributed by atoms with E-state index in [0.29, 0.717) is 6.04 Å². The van der Waals surface area contributed by atoms with E-state index in [-0.39, 0.29) is 0 Å². The Morgan fingerprint density at radius 3 is 2.62 bits per heavy atom. The van der Waals surface area contributed by atoms with Crippen molar-refractivity contribution in [2.45, 2.75) is 33.2 Å². The second-order valence-corrected chi connectivity index (χ2v) is 3.33. The highest BCUT2D eigenvalue weighted by Gasteiger charge is 2.10. The van der Waals surface area contributed by atoms with Crippen molar-refractivity contribution in [3.8, 4) is 12.3 Å². The number of rotatable bonds is 7. The van der Waals surface area contributed by atoms with Gasteiger partial charge in [-0.3, -0.25) is 4.90 Å². The van der Waals surface area contributed by atoms with E-state index in [1.165, 1.54) is 0 Å². The molecule has 0 aromatic rings. The van der Waals surface area contributed by atoms with Crippen molar-refractivity contribution in [3.05, 3.63) is 0 Å². The van der Waals surface area contributed by atoms with E-state index in [4.69, 9.17) is 6.42 Å². The van der Waals surface area contributed by atoms with Crippen LogP contribution in [0.3, 0.4) is 0 Å². The molecule has 0 aromatic carbocycles. The Morgan fingerprint density at radius 2 is 2.15 bits per heavy atom. The molecule has 0 aliphatic carbocycles. The highest BCUT2D eigenvalue weighted by Crippen LogP contribution is 1.98. The molecule has 1 unspecified atom stereocenters. The molecule has 0 radical (unpaired) electrons. The van der Waals surface area contributed by atoms with Crippen molar-refractivity contribution in [1.29, 1.82) is 0 Å². The molecule has 2 nitrogen and oxygen atoms in total. The number of likely N-dealkylation sites (N-methyl/N-ethyl adjacent to an activating group) is 1. The van der Waals surface area contributed by atoms with Crippen molar-refractivity contribution in [2.75, 3.05) is 26.2 Å². The molecule has 0 aromatic heterocycles. The van der Waals surface area contributed by atoms with Gasteiger partial charge in [0.05, 0.1) is 6.54 Å². The first-order valence-electron chi connectivity index (χ1n) is 5.14. The van der Waals surface area contributed by atoms with E-state index in [9.17, 15) is 0 Å². The topological polar surface area (TPSA) is 15.3 Å². The van der Waals surface area contributed by atoms with Gasteiger partial charge in [-0.05, 0) is 26.4 Å². The molecule has 1 atom stereocenters. The number of hydrogen-bond acceptors (Lipinski definition) is 2. The monoisotopic (exact) mass is 182 g/mol. The minimum Gasteiger partial charge on any atom is -0.315 e. The Balaban J connectivity index is 3.81. The van der Waals surface area contributed by atoms with E-state index in [1.807, 2.05) is 0 Å². The molecule has 0 saturated heterocycles. The zero-order valence-electron chi connectivity index (χ0n) is 9.14. The fourth-order valence-electron chi connectivity index (χ4n) is 1.34. The van der Waals surface area contributed by atoms with Crippen molar-refractivity contribution in [2.24, 2.45) is 0 Å². The van der Waals surface area contributed by atoms with Crippen LogP contribution >= 0.6 is 0 Å². The van der Waals surface area contributed by atoms with E-state index in [0.717, 1.165) is 32.6 Å². The second kappa shape index (κ2) is 8.10. The minimum absolute atomic E-state index is 0.538. The molecule has 0 amide bonds. The fraction of sp³-hybridized carbons (Fsp3) is 0.818. The van der Waals surface area contributed by atoms with Gasteiger partial charge < -0.3 is 5.32 Å². The molecule has 2 heteroatoms. The van der Waals surface area contributed by atoms with E-state index in [2.05, 4.69) is 36.9 Å². The van der Waals surface area contributed by atoms with Crippen LogP contribution in [0.4, 0.5) is 0 Å². The van der Waals surface area contributed by atoms with Gasteiger partial charge in [-0.25, -0.2) is 0 Å².